The Bertz CT molecular complexity index is 973. The second-order valence-electron chi connectivity index (χ2n) is 7.38. The van der Waals surface area contributed by atoms with E-state index in [0.29, 0.717) is 18.4 Å². The molecule has 0 spiro atoms. The summed E-state index contributed by atoms with van der Waals surface area (Å²) >= 11 is 0. The molecular formula is C24H29IN4O2. The van der Waals surface area contributed by atoms with Crippen LogP contribution in [0.25, 0.3) is 11.5 Å². The van der Waals surface area contributed by atoms with Crippen LogP contribution in [-0.2, 0) is 6.54 Å². The van der Waals surface area contributed by atoms with E-state index in [9.17, 15) is 0 Å². The van der Waals surface area contributed by atoms with Crippen LogP contribution >= 0.6 is 24.0 Å². The summed E-state index contributed by atoms with van der Waals surface area (Å²) in [5.41, 5.74) is 3.15. The van der Waals surface area contributed by atoms with Crippen LogP contribution in [0.4, 0.5) is 0 Å². The number of halogens is 1. The number of aromatic nitrogens is 1. The van der Waals surface area contributed by atoms with E-state index >= 15 is 0 Å². The zero-order valence-corrected chi connectivity index (χ0v) is 20.3. The first kappa shape index (κ1) is 23.1. The van der Waals surface area contributed by atoms with Gasteiger partial charge in [-0.25, -0.2) is 9.98 Å². The number of benzene rings is 2. The largest absolute Gasteiger partial charge is 0.497 e. The van der Waals surface area contributed by atoms with E-state index in [2.05, 4.69) is 34.3 Å². The van der Waals surface area contributed by atoms with Gasteiger partial charge in [0.05, 0.1) is 13.7 Å². The van der Waals surface area contributed by atoms with Gasteiger partial charge in [0.1, 0.15) is 17.7 Å². The molecule has 2 aromatic carbocycles. The van der Waals surface area contributed by atoms with Crippen LogP contribution < -0.4 is 10.1 Å². The molecule has 1 N–H and O–H groups in total. The molecule has 0 radical (unpaired) electrons. The third-order valence-corrected chi connectivity index (χ3v) is 5.37. The highest BCUT2D eigenvalue weighted by Gasteiger charge is 2.26. The topological polar surface area (TPSA) is 62.9 Å². The molecule has 0 saturated carbocycles. The Morgan fingerprint density at radius 1 is 1.19 bits per heavy atom. The first-order valence-corrected chi connectivity index (χ1v) is 10.4. The van der Waals surface area contributed by atoms with Gasteiger partial charge in [0.2, 0.25) is 5.89 Å². The Balaban J connectivity index is 0.00000272. The lowest BCUT2D eigenvalue weighted by Gasteiger charge is -2.21. The third-order valence-electron chi connectivity index (χ3n) is 5.37. The maximum absolute atomic E-state index is 5.64. The summed E-state index contributed by atoms with van der Waals surface area (Å²) in [6.07, 6.45) is 2.80. The molecule has 1 aliphatic rings. The van der Waals surface area contributed by atoms with E-state index in [1.54, 1.807) is 13.4 Å². The highest BCUT2D eigenvalue weighted by atomic mass is 127. The molecule has 7 heteroatoms. The van der Waals surface area contributed by atoms with Gasteiger partial charge in [-0.15, -0.1) is 24.0 Å². The minimum absolute atomic E-state index is 0. The van der Waals surface area contributed by atoms with Gasteiger partial charge in [0, 0.05) is 31.1 Å². The molecule has 1 saturated heterocycles. The minimum atomic E-state index is 0. The third kappa shape index (κ3) is 5.78. The molecule has 2 heterocycles. The molecule has 0 aliphatic carbocycles. The zero-order chi connectivity index (χ0) is 20.8. The number of oxazole rings is 1. The van der Waals surface area contributed by atoms with Gasteiger partial charge in [-0.3, -0.25) is 0 Å². The Hall–Kier alpha value is -2.55. The lowest BCUT2D eigenvalue weighted by atomic mass is 9.98. The van der Waals surface area contributed by atoms with Gasteiger partial charge in [-0.2, -0.15) is 0 Å². The van der Waals surface area contributed by atoms with Crippen LogP contribution in [0, 0.1) is 0 Å². The van der Waals surface area contributed by atoms with Crippen LogP contribution in [0.15, 0.2) is 70.3 Å². The maximum atomic E-state index is 5.64. The van der Waals surface area contributed by atoms with E-state index in [4.69, 9.17) is 14.1 Å². The average Bonchev–Trinajstić information content (AvgIpc) is 3.47. The highest BCUT2D eigenvalue weighted by Crippen LogP contribution is 2.28. The van der Waals surface area contributed by atoms with Gasteiger partial charge in [-0.05, 0) is 43.2 Å². The van der Waals surface area contributed by atoms with Gasteiger partial charge in [0.25, 0.3) is 0 Å². The molecule has 4 rings (SSSR count). The molecule has 1 aromatic heterocycles. The van der Waals surface area contributed by atoms with Crippen molar-refractivity contribution in [2.45, 2.75) is 25.8 Å². The standard InChI is InChI=1S/C24H28N4O2.HI/c1-3-25-24(26-15-21-17-30-23(27-21)19-7-5-4-6-8-19)28-14-13-20(16-28)18-9-11-22(29-2)12-10-18;/h4-12,17,20H,3,13-16H2,1-2H3,(H,25,26);1H. The molecule has 1 aliphatic heterocycles. The summed E-state index contributed by atoms with van der Waals surface area (Å²) in [5.74, 6) is 2.95. The quantitative estimate of drug-likeness (QED) is 0.278. The van der Waals surface area contributed by atoms with E-state index in [0.717, 1.165) is 49.0 Å². The molecule has 0 amide bonds. The summed E-state index contributed by atoms with van der Waals surface area (Å²) in [6.45, 7) is 5.35. The minimum Gasteiger partial charge on any atom is -0.497 e. The zero-order valence-electron chi connectivity index (χ0n) is 18.0. The highest BCUT2D eigenvalue weighted by molar-refractivity contribution is 14.0. The smallest absolute Gasteiger partial charge is 0.226 e. The number of nitrogens with zero attached hydrogens (tertiary/aromatic N) is 3. The fourth-order valence-electron chi connectivity index (χ4n) is 3.78. The summed E-state index contributed by atoms with van der Waals surface area (Å²) in [6, 6.07) is 18.3. The van der Waals surface area contributed by atoms with E-state index in [1.165, 1.54) is 5.56 Å². The number of hydrogen-bond donors (Lipinski definition) is 1. The summed E-state index contributed by atoms with van der Waals surface area (Å²) in [4.78, 5) is 11.7. The Labute approximate surface area is 200 Å². The van der Waals surface area contributed by atoms with Crippen molar-refractivity contribution in [2.75, 3.05) is 26.7 Å². The van der Waals surface area contributed by atoms with E-state index in [-0.39, 0.29) is 24.0 Å². The van der Waals surface area contributed by atoms with E-state index < -0.39 is 0 Å². The first-order chi connectivity index (χ1) is 14.8. The van der Waals surface area contributed by atoms with Crippen molar-refractivity contribution in [2.24, 2.45) is 4.99 Å². The molecule has 1 unspecified atom stereocenters. The van der Waals surface area contributed by atoms with Crippen molar-refractivity contribution < 1.29 is 9.15 Å². The van der Waals surface area contributed by atoms with Gasteiger partial charge in [-0.1, -0.05) is 30.3 Å². The van der Waals surface area contributed by atoms with Crippen molar-refractivity contribution in [1.29, 1.82) is 0 Å². The lowest BCUT2D eigenvalue weighted by molar-refractivity contribution is 0.414. The number of nitrogens with one attached hydrogen (secondary N) is 1. The van der Waals surface area contributed by atoms with E-state index in [1.807, 2.05) is 42.5 Å². The maximum Gasteiger partial charge on any atom is 0.226 e. The number of rotatable bonds is 6. The van der Waals surface area contributed by atoms with Gasteiger partial charge in [0.15, 0.2) is 5.96 Å². The predicted molar refractivity (Wildman–Crippen MR) is 134 cm³/mol. The van der Waals surface area contributed by atoms with Crippen molar-refractivity contribution in [1.82, 2.24) is 15.2 Å². The lowest BCUT2D eigenvalue weighted by Crippen LogP contribution is -2.40. The fraction of sp³-hybridized carbons (Fsp3) is 0.333. The second kappa shape index (κ2) is 11.2. The van der Waals surface area contributed by atoms with Crippen molar-refractivity contribution in [3.8, 4) is 17.2 Å². The Morgan fingerprint density at radius 2 is 1.97 bits per heavy atom. The Kier molecular flexibility index (Phi) is 8.34. The van der Waals surface area contributed by atoms with Crippen LogP contribution in [0.1, 0.15) is 30.5 Å². The molecule has 1 fully saturated rings. The molecule has 0 bridgehead atoms. The number of ether oxygens (including phenoxy) is 1. The first-order valence-electron chi connectivity index (χ1n) is 10.4. The van der Waals surface area contributed by atoms with Gasteiger partial charge < -0.3 is 19.4 Å². The van der Waals surface area contributed by atoms with Crippen molar-refractivity contribution in [3.05, 3.63) is 72.1 Å². The van der Waals surface area contributed by atoms with Crippen LogP contribution in [0.2, 0.25) is 0 Å². The number of guanidine groups is 1. The average molecular weight is 532 g/mol. The molecular weight excluding hydrogens is 503 g/mol. The summed E-state index contributed by atoms with van der Waals surface area (Å²) in [7, 11) is 1.70. The fourth-order valence-corrected chi connectivity index (χ4v) is 3.78. The summed E-state index contributed by atoms with van der Waals surface area (Å²) < 4.78 is 10.9. The van der Waals surface area contributed by atoms with Crippen molar-refractivity contribution >= 4 is 29.9 Å². The second-order valence-corrected chi connectivity index (χ2v) is 7.38. The Morgan fingerprint density at radius 3 is 2.68 bits per heavy atom. The molecule has 31 heavy (non-hydrogen) atoms. The van der Waals surface area contributed by atoms with Crippen molar-refractivity contribution in [3.63, 3.8) is 0 Å². The van der Waals surface area contributed by atoms with Crippen LogP contribution in [-0.4, -0.2) is 42.6 Å². The molecule has 164 valence electrons. The number of aliphatic imine (C=N–C) groups is 1. The van der Waals surface area contributed by atoms with Crippen LogP contribution in [0.3, 0.4) is 0 Å². The number of hydrogen-bond acceptors (Lipinski definition) is 4. The molecule has 1 atom stereocenters. The number of methoxy groups -OCH3 is 1. The molecule has 3 aromatic rings. The van der Waals surface area contributed by atoms with Gasteiger partial charge >= 0.3 is 0 Å². The monoisotopic (exact) mass is 532 g/mol. The normalized spacial score (nSPS) is 16.1. The molecule has 6 nitrogen and oxygen atoms in total. The SMILES string of the molecule is CCNC(=NCc1coc(-c2ccccc2)n1)N1CCC(c2ccc(OC)cc2)C1.I. The summed E-state index contributed by atoms with van der Waals surface area (Å²) in [5, 5.41) is 3.42. The van der Waals surface area contributed by atoms with Crippen LogP contribution in [0.5, 0.6) is 5.75 Å². The number of likely N-dealkylation sites (tertiary alicyclic amines) is 1. The predicted octanol–water partition coefficient (Wildman–Crippen LogP) is 4.92.